The Balaban J connectivity index is 2.38. The second-order valence-electron chi connectivity index (χ2n) is 4.02. The van der Waals surface area contributed by atoms with Crippen LogP contribution < -0.4 is 14.8 Å². The van der Waals surface area contributed by atoms with E-state index in [0.717, 1.165) is 5.56 Å². The van der Waals surface area contributed by atoms with E-state index in [4.69, 9.17) is 9.47 Å². The quantitative estimate of drug-likeness (QED) is 0.765. The largest absolute Gasteiger partial charge is 0.493 e. The van der Waals surface area contributed by atoms with Crippen LogP contribution in [-0.4, -0.2) is 38.1 Å². The molecule has 0 radical (unpaired) electrons. The van der Waals surface area contributed by atoms with Crippen LogP contribution in [0.1, 0.15) is 5.56 Å². The predicted molar refractivity (Wildman–Crippen MR) is 63.8 cm³/mol. The van der Waals surface area contributed by atoms with Crippen LogP contribution >= 0.6 is 0 Å². The average Bonchev–Trinajstić information content (AvgIpc) is 2.72. The number of rotatable bonds is 3. The van der Waals surface area contributed by atoms with E-state index in [1.165, 1.54) is 21.3 Å². The van der Waals surface area contributed by atoms with Gasteiger partial charge in [0.15, 0.2) is 11.5 Å². The Kier molecular flexibility index (Phi) is 3.04. The molecule has 0 aliphatic carbocycles. The molecule has 0 amide bonds. The summed E-state index contributed by atoms with van der Waals surface area (Å²) in [5.74, 6) is 0.349. The summed E-state index contributed by atoms with van der Waals surface area (Å²) in [7, 11) is 4.27. The maximum atomic E-state index is 11.5. The molecule has 2 N–H and O–H groups in total. The fourth-order valence-corrected chi connectivity index (χ4v) is 2.02. The topological polar surface area (TPSA) is 77.0 Å². The molecular formula is C12H15NO5. The first-order valence-corrected chi connectivity index (χ1v) is 5.38. The Morgan fingerprint density at radius 1 is 1.28 bits per heavy atom. The number of fused-ring (bicyclic) bond motifs is 1. The van der Waals surface area contributed by atoms with Gasteiger partial charge in [-0.25, -0.2) is 4.79 Å². The van der Waals surface area contributed by atoms with Crippen LogP contribution in [0.3, 0.4) is 0 Å². The van der Waals surface area contributed by atoms with E-state index in [9.17, 15) is 9.90 Å². The number of ether oxygens (including phenoxy) is 3. The summed E-state index contributed by atoms with van der Waals surface area (Å²) in [6.07, 6.45) is 0.120. The molecule has 0 aromatic heterocycles. The Hall–Kier alpha value is -1.95. The standard InChI is InChI=1S/C12H15NO5/c1-16-9-4-7-6-12(15,11(14)18-3)13-8(7)5-10(9)17-2/h4-5,13,15H,6H2,1-3H3. The van der Waals surface area contributed by atoms with E-state index in [1.807, 2.05) is 0 Å². The van der Waals surface area contributed by atoms with Crippen molar-refractivity contribution in [3.8, 4) is 11.5 Å². The van der Waals surface area contributed by atoms with Gasteiger partial charge in [-0.05, 0) is 11.6 Å². The highest BCUT2D eigenvalue weighted by atomic mass is 16.5. The Morgan fingerprint density at radius 2 is 1.89 bits per heavy atom. The molecule has 2 rings (SSSR count). The molecule has 0 bridgehead atoms. The van der Waals surface area contributed by atoms with Crippen LogP contribution in [0.4, 0.5) is 5.69 Å². The summed E-state index contributed by atoms with van der Waals surface area (Å²) in [5, 5.41) is 12.9. The lowest BCUT2D eigenvalue weighted by Crippen LogP contribution is -2.45. The third kappa shape index (κ3) is 1.84. The number of esters is 1. The fourth-order valence-electron chi connectivity index (χ4n) is 2.02. The molecule has 0 fully saturated rings. The monoisotopic (exact) mass is 253 g/mol. The smallest absolute Gasteiger partial charge is 0.359 e. The molecule has 0 saturated heterocycles. The van der Waals surface area contributed by atoms with Crippen LogP contribution in [0.25, 0.3) is 0 Å². The highest BCUT2D eigenvalue weighted by molar-refractivity contribution is 5.86. The van der Waals surface area contributed by atoms with Gasteiger partial charge < -0.3 is 24.6 Å². The van der Waals surface area contributed by atoms with Crippen molar-refractivity contribution in [3.05, 3.63) is 17.7 Å². The van der Waals surface area contributed by atoms with Gasteiger partial charge in [0, 0.05) is 18.2 Å². The Morgan fingerprint density at radius 3 is 2.44 bits per heavy atom. The van der Waals surface area contributed by atoms with Crippen molar-refractivity contribution in [1.82, 2.24) is 0 Å². The van der Waals surface area contributed by atoms with Gasteiger partial charge >= 0.3 is 5.97 Å². The van der Waals surface area contributed by atoms with Gasteiger partial charge in [0.05, 0.1) is 21.3 Å². The van der Waals surface area contributed by atoms with Gasteiger partial charge in [-0.15, -0.1) is 0 Å². The number of aliphatic hydroxyl groups is 1. The summed E-state index contributed by atoms with van der Waals surface area (Å²) in [6, 6.07) is 3.40. The zero-order chi connectivity index (χ0) is 13.3. The molecule has 1 aliphatic rings. The number of hydrogen-bond acceptors (Lipinski definition) is 6. The van der Waals surface area contributed by atoms with Crippen LogP contribution in [0, 0.1) is 0 Å². The average molecular weight is 253 g/mol. The molecule has 0 saturated carbocycles. The molecule has 6 nitrogen and oxygen atoms in total. The van der Waals surface area contributed by atoms with Crippen molar-refractivity contribution in [2.75, 3.05) is 26.6 Å². The Labute approximate surface area is 104 Å². The zero-order valence-corrected chi connectivity index (χ0v) is 10.4. The number of methoxy groups -OCH3 is 3. The second kappa shape index (κ2) is 4.38. The van der Waals surface area contributed by atoms with E-state index in [1.54, 1.807) is 12.1 Å². The van der Waals surface area contributed by atoms with Crippen LogP contribution in [0.2, 0.25) is 0 Å². The normalized spacial score (nSPS) is 20.9. The number of hydrogen-bond donors (Lipinski definition) is 2. The summed E-state index contributed by atoms with van der Waals surface area (Å²) in [4.78, 5) is 11.5. The van der Waals surface area contributed by atoms with Crippen molar-refractivity contribution in [1.29, 1.82) is 0 Å². The first-order chi connectivity index (χ1) is 8.54. The maximum absolute atomic E-state index is 11.5. The minimum atomic E-state index is -1.73. The number of anilines is 1. The van der Waals surface area contributed by atoms with Gasteiger partial charge in [0.25, 0.3) is 0 Å². The molecule has 1 atom stereocenters. The number of benzene rings is 1. The minimum absolute atomic E-state index is 0.120. The van der Waals surface area contributed by atoms with E-state index in [-0.39, 0.29) is 6.42 Å². The van der Waals surface area contributed by atoms with E-state index in [0.29, 0.717) is 17.2 Å². The highest BCUT2D eigenvalue weighted by Crippen LogP contribution is 2.39. The van der Waals surface area contributed by atoms with Crippen molar-refractivity contribution >= 4 is 11.7 Å². The number of carbonyl (C=O) groups is 1. The van der Waals surface area contributed by atoms with Crippen molar-refractivity contribution in [2.24, 2.45) is 0 Å². The van der Waals surface area contributed by atoms with E-state index >= 15 is 0 Å². The third-order valence-electron chi connectivity index (χ3n) is 2.92. The second-order valence-corrected chi connectivity index (χ2v) is 4.02. The van der Waals surface area contributed by atoms with Gasteiger partial charge in [-0.1, -0.05) is 0 Å². The first-order valence-electron chi connectivity index (χ1n) is 5.38. The summed E-state index contributed by atoms with van der Waals surface area (Å²) in [5.41, 5.74) is -0.338. The van der Waals surface area contributed by atoms with Crippen LogP contribution in [-0.2, 0) is 16.0 Å². The lowest BCUT2D eigenvalue weighted by Gasteiger charge is -2.19. The molecule has 18 heavy (non-hydrogen) atoms. The highest BCUT2D eigenvalue weighted by Gasteiger charge is 2.43. The molecular weight excluding hydrogens is 238 g/mol. The maximum Gasteiger partial charge on any atom is 0.359 e. The molecule has 0 spiro atoms. The van der Waals surface area contributed by atoms with E-state index < -0.39 is 11.7 Å². The van der Waals surface area contributed by atoms with Gasteiger partial charge in [0.1, 0.15) is 0 Å². The summed E-state index contributed by atoms with van der Waals surface area (Å²) >= 11 is 0. The first kappa shape index (κ1) is 12.5. The lowest BCUT2D eigenvalue weighted by molar-refractivity contribution is -0.158. The Bertz CT molecular complexity index is 453. The summed E-state index contributed by atoms with van der Waals surface area (Å²) < 4.78 is 14.9. The van der Waals surface area contributed by atoms with Gasteiger partial charge in [-0.3, -0.25) is 0 Å². The van der Waals surface area contributed by atoms with Crippen LogP contribution in [0.5, 0.6) is 11.5 Å². The summed E-state index contributed by atoms with van der Waals surface area (Å²) in [6.45, 7) is 0. The molecule has 1 heterocycles. The van der Waals surface area contributed by atoms with E-state index in [2.05, 4.69) is 10.1 Å². The molecule has 98 valence electrons. The van der Waals surface area contributed by atoms with Gasteiger partial charge in [-0.2, -0.15) is 0 Å². The molecule has 1 unspecified atom stereocenters. The molecule has 1 aromatic carbocycles. The number of carbonyl (C=O) groups excluding carboxylic acids is 1. The SMILES string of the molecule is COC(=O)C1(O)Cc2cc(OC)c(OC)cc2N1. The predicted octanol–water partition coefficient (Wildman–Crippen LogP) is 0.533. The van der Waals surface area contributed by atoms with Crippen molar-refractivity contribution < 1.29 is 24.1 Å². The molecule has 6 heteroatoms. The van der Waals surface area contributed by atoms with Gasteiger partial charge in [0.2, 0.25) is 5.72 Å². The minimum Gasteiger partial charge on any atom is -0.493 e. The van der Waals surface area contributed by atoms with Crippen LogP contribution in [0.15, 0.2) is 12.1 Å². The molecule has 1 aromatic rings. The number of nitrogens with one attached hydrogen (secondary N) is 1. The third-order valence-corrected chi connectivity index (χ3v) is 2.92. The van der Waals surface area contributed by atoms with Crippen molar-refractivity contribution in [3.63, 3.8) is 0 Å². The lowest BCUT2D eigenvalue weighted by atomic mass is 10.1. The fraction of sp³-hybridized carbons (Fsp3) is 0.417. The van der Waals surface area contributed by atoms with Crippen molar-refractivity contribution in [2.45, 2.75) is 12.1 Å². The zero-order valence-electron chi connectivity index (χ0n) is 10.4. The molecule has 1 aliphatic heterocycles.